The number of nitrogens with zero attached hydrogens (tertiary/aromatic N) is 2. The molecule has 7 heteroatoms. The number of pyridine rings is 1. The van der Waals surface area contributed by atoms with Gasteiger partial charge >= 0.3 is 0 Å². The van der Waals surface area contributed by atoms with Gasteiger partial charge in [0.25, 0.3) is 0 Å². The van der Waals surface area contributed by atoms with Gasteiger partial charge in [-0.15, -0.1) is 0 Å². The molecular weight excluding hydrogens is 362 g/mol. The zero-order valence-electron chi connectivity index (χ0n) is 12.6. The van der Waals surface area contributed by atoms with Gasteiger partial charge in [0.05, 0.1) is 5.52 Å². The predicted molar refractivity (Wildman–Crippen MR) is 90.1 cm³/mol. The molecule has 1 amide bonds. The van der Waals surface area contributed by atoms with Crippen molar-refractivity contribution in [2.45, 2.75) is 13.0 Å². The average Bonchev–Trinajstić information content (AvgIpc) is 2.54. The van der Waals surface area contributed by atoms with E-state index in [0.29, 0.717) is 24.1 Å². The quantitative estimate of drug-likeness (QED) is 0.777. The molecule has 0 radical (unpaired) electrons. The summed E-state index contributed by atoms with van der Waals surface area (Å²) in [6.07, 6.45) is 2.15. The number of halogens is 1. The second kappa shape index (κ2) is 7.90. The van der Waals surface area contributed by atoms with Crippen molar-refractivity contribution in [1.29, 1.82) is 5.26 Å². The van der Waals surface area contributed by atoms with Crippen LogP contribution in [0, 0.1) is 11.3 Å². The van der Waals surface area contributed by atoms with Gasteiger partial charge in [-0.3, -0.25) is 9.59 Å². The normalized spacial score (nSPS) is 10.5. The van der Waals surface area contributed by atoms with Gasteiger partial charge in [-0.05, 0) is 24.6 Å². The van der Waals surface area contributed by atoms with Gasteiger partial charge < -0.3 is 14.6 Å². The zero-order chi connectivity index (χ0) is 16.8. The number of aromatic nitrogens is 1. The highest BCUT2D eigenvalue weighted by Crippen LogP contribution is 2.18. The number of fused-ring (bicyclic) bond motifs is 1. The predicted octanol–water partition coefficient (Wildman–Crippen LogP) is 1.79. The number of rotatable bonds is 6. The standard InChI is InChI=1S/C16H16BrN3O3/c1-23-6-2-5-19-15(21)10-20-9-11(8-18)16(22)13-7-12(17)3-4-14(13)20/h3-4,7,9H,2,5-6,10H2,1H3,(H,19,21). The Hall–Kier alpha value is -2.17. The van der Waals surface area contributed by atoms with Gasteiger partial charge in [0.2, 0.25) is 11.3 Å². The van der Waals surface area contributed by atoms with Crippen LogP contribution in [0.1, 0.15) is 12.0 Å². The summed E-state index contributed by atoms with van der Waals surface area (Å²) in [6.45, 7) is 1.13. The second-order valence-electron chi connectivity index (χ2n) is 4.97. The van der Waals surface area contributed by atoms with Gasteiger partial charge in [-0.25, -0.2) is 0 Å². The van der Waals surface area contributed by atoms with Crippen LogP contribution in [0.25, 0.3) is 10.9 Å². The van der Waals surface area contributed by atoms with Crippen molar-refractivity contribution < 1.29 is 9.53 Å². The number of hydrogen-bond acceptors (Lipinski definition) is 4. The van der Waals surface area contributed by atoms with E-state index in [-0.39, 0.29) is 23.4 Å². The highest BCUT2D eigenvalue weighted by molar-refractivity contribution is 9.10. The third-order valence-corrected chi connectivity index (χ3v) is 3.82. The molecule has 2 aromatic rings. The maximum Gasteiger partial charge on any atom is 0.239 e. The fourth-order valence-corrected chi connectivity index (χ4v) is 2.60. The summed E-state index contributed by atoms with van der Waals surface area (Å²) in [5, 5.41) is 12.3. The Morgan fingerprint density at radius 2 is 2.26 bits per heavy atom. The first kappa shape index (κ1) is 17.2. The number of benzene rings is 1. The monoisotopic (exact) mass is 377 g/mol. The van der Waals surface area contributed by atoms with E-state index in [1.165, 1.54) is 6.20 Å². The molecule has 0 unspecified atom stereocenters. The summed E-state index contributed by atoms with van der Waals surface area (Å²) >= 11 is 3.32. The number of nitrogens with one attached hydrogen (secondary N) is 1. The molecule has 0 saturated heterocycles. The molecule has 0 aliphatic carbocycles. The summed E-state index contributed by atoms with van der Waals surface area (Å²) in [7, 11) is 1.61. The largest absolute Gasteiger partial charge is 0.385 e. The van der Waals surface area contributed by atoms with E-state index < -0.39 is 0 Å². The molecule has 0 fully saturated rings. The van der Waals surface area contributed by atoms with E-state index in [1.54, 1.807) is 29.9 Å². The molecule has 1 aromatic heterocycles. The van der Waals surface area contributed by atoms with Crippen LogP contribution in [0.5, 0.6) is 0 Å². The van der Waals surface area contributed by atoms with Gasteiger partial charge in [0, 0.05) is 36.3 Å². The van der Waals surface area contributed by atoms with Crippen LogP contribution in [0.3, 0.4) is 0 Å². The van der Waals surface area contributed by atoms with Crippen LogP contribution in [0.2, 0.25) is 0 Å². The van der Waals surface area contributed by atoms with Gasteiger partial charge in [-0.2, -0.15) is 5.26 Å². The van der Waals surface area contributed by atoms with Crippen molar-refractivity contribution in [2.24, 2.45) is 0 Å². The summed E-state index contributed by atoms with van der Waals surface area (Å²) in [4.78, 5) is 24.3. The van der Waals surface area contributed by atoms with E-state index in [9.17, 15) is 9.59 Å². The smallest absolute Gasteiger partial charge is 0.239 e. The molecule has 120 valence electrons. The molecule has 1 N–H and O–H groups in total. The molecule has 0 saturated carbocycles. The van der Waals surface area contributed by atoms with E-state index in [2.05, 4.69) is 21.2 Å². The lowest BCUT2D eigenvalue weighted by Crippen LogP contribution is -2.29. The van der Waals surface area contributed by atoms with E-state index in [1.807, 2.05) is 6.07 Å². The Bertz CT molecular complexity index is 824. The topological polar surface area (TPSA) is 84.1 Å². The van der Waals surface area contributed by atoms with E-state index in [0.717, 1.165) is 10.9 Å². The lowest BCUT2D eigenvalue weighted by Gasteiger charge is -2.12. The van der Waals surface area contributed by atoms with Crippen LogP contribution in [0.4, 0.5) is 0 Å². The first-order valence-corrected chi connectivity index (χ1v) is 7.84. The van der Waals surface area contributed by atoms with Crippen LogP contribution in [-0.4, -0.2) is 30.7 Å². The first-order chi connectivity index (χ1) is 11.1. The number of carbonyl (C=O) groups is 1. The molecule has 23 heavy (non-hydrogen) atoms. The fourth-order valence-electron chi connectivity index (χ4n) is 2.24. The van der Waals surface area contributed by atoms with Crippen molar-refractivity contribution in [2.75, 3.05) is 20.3 Å². The summed E-state index contributed by atoms with van der Waals surface area (Å²) in [5.41, 5.74) is 0.299. The Morgan fingerprint density at radius 3 is 2.96 bits per heavy atom. The Labute approximate surface area is 141 Å². The number of amides is 1. The number of nitriles is 1. The first-order valence-electron chi connectivity index (χ1n) is 7.05. The van der Waals surface area contributed by atoms with Crippen LogP contribution in [0.15, 0.2) is 33.7 Å². The maximum absolute atomic E-state index is 12.2. The summed E-state index contributed by atoms with van der Waals surface area (Å²) in [5.74, 6) is -0.183. The summed E-state index contributed by atoms with van der Waals surface area (Å²) < 4.78 is 7.28. The minimum atomic E-state index is -0.333. The molecule has 0 aliphatic rings. The third kappa shape index (κ3) is 4.18. The Balaban J connectivity index is 2.30. The lowest BCUT2D eigenvalue weighted by atomic mass is 10.1. The second-order valence-corrected chi connectivity index (χ2v) is 5.89. The lowest BCUT2D eigenvalue weighted by molar-refractivity contribution is -0.121. The van der Waals surface area contributed by atoms with Crippen molar-refractivity contribution in [3.8, 4) is 6.07 Å². The molecule has 1 heterocycles. The van der Waals surface area contributed by atoms with Crippen molar-refractivity contribution in [3.63, 3.8) is 0 Å². The van der Waals surface area contributed by atoms with E-state index in [4.69, 9.17) is 10.00 Å². The SMILES string of the molecule is COCCCNC(=O)Cn1cc(C#N)c(=O)c2cc(Br)ccc21. The maximum atomic E-state index is 12.2. The molecule has 0 aliphatic heterocycles. The minimum absolute atomic E-state index is 0.0165. The Kier molecular flexibility index (Phi) is 5.90. The number of methoxy groups -OCH3 is 1. The molecule has 0 bridgehead atoms. The molecular formula is C16H16BrN3O3. The zero-order valence-corrected chi connectivity index (χ0v) is 14.2. The van der Waals surface area contributed by atoms with Gasteiger partial charge in [-0.1, -0.05) is 15.9 Å². The van der Waals surface area contributed by atoms with E-state index >= 15 is 0 Å². The van der Waals surface area contributed by atoms with Crippen LogP contribution < -0.4 is 10.7 Å². The molecule has 2 rings (SSSR count). The minimum Gasteiger partial charge on any atom is -0.385 e. The van der Waals surface area contributed by atoms with Crippen LogP contribution in [-0.2, 0) is 16.1 Å². The van der Waals surface area contributed by atoms with Gasteiger partial charge in [0.15, 0.2) is 0 Å². The average molecular weight is 378 g/mol. The van der Waals surface area contributed by atoms with Crippen LogP contribution >= 0.6 is 15.9 Å². The van der Waals surface area contributed by atoms with Crippen molar-refractivity contribution >= 4 is 32.7 Å². The molecule has 1 aromatic carbocycles. The highest BCUT2D eigenvalue weighted by atomic mass is 79.9. The number of ether oxygens (including phenoxy) is 1. The fraction of sp³-hybridized carbons (Fsp3) is 0.312. The Morgan fingerprint density at radius 1 is 1.48 bits per heavy atom. The number of carbonyl (C=O) groups excluding carboxylic acids is 1. The van der Waals surface area contributed by atoms with Gasteiger partial charge in [0.1, 0.15) is 18.2 Å². The molecule has 0 atom stereocenters. The summed E-state index contributed by atoms with van der Waals surface area (Å²) in [6, 6.07) is 7.08. The third-order valence-electron chi connectivity index (χ3n) is 3.32. The molecule has 0 spiro atoms. The molecule has 6 nitrogen and oxygen atoms in total. The van der Waals surface area contributed by atoms with Crippen molar-refractivity contribution in [3.05, 3.63) is 44.7 Å². The highest BCUT2D eigenvalue weighted by Gasteiger charge is 2.11. The number of hydrogen-bond donors (Lipinski definition) is 1. The van der Waals surface area contributed by atoms with Crippen molar-refractivity contribution in [1.82, 2.24) is 9.88 Å².